The van der Waals surface area contributed by atoms with E-state index in [2.05, 4.69) is 48.5 Å². The monoisotopic (exact) mass is 551 g/mol. The van der Waals surface area contributed by atoms with E-state index in [0.29, 0.717) is 11.9 Å². The number of aryl methyl sites for hydroxylation is 1. The second-order valence-corrected chi connectivity index (χ2v) is 13.5. The molecule has 2 atom stereocenters. The fourth-order valence-electron chi connectivity index (χ4n) is 5.36. The Morgan fingerprint density at radius 2 is 1.48 bits per heavy atom. The maximum absolute atomic E-state index is 11.2. The van der Waals surface area contributed by atoms with Crippen LogP contribution in [0, 0.1) is 6.92 Å². The minimum absolute atomic E-state index is 0.0844. The Balaban J connectivity index is 1.46. The highest BCUT2D eigenvalue weighted by Crippen LogP contribution is 2.50. The molecule has 1 aliphatic carbocycles. The van der Waals surface area contributed by atoms with Gasteiger partial charge in [-0.25, -0.2) is 0 Å². The van der Waals surface area contributed by atoms with Crippen LogP contribution < -0.4 is 16.3 Å². The molecule has 4 aromatic rings. The molecule has 2 unspecified atom stereocenters. The van der Waals surface area contributed by atoms with Gasteiger partial charge in [0.05, 0.1) is 31.7 Å². The first kappa shape index (κ1) is 28.0. The van der Waals surface area contributed by atoms with Crippen LogP contribution in [0.4, 0.5) is 5.69 Å². The lowest BCUT2D eigenvalue weighted by atomic mass is 9.91. The first-order chi connectivity index (χ1) is 19.5. The molecule has 1 saturated carbocycles. The van der Waals surface area contributed by atoms with Crippen LogP contribution in [0.1, 0.15) is 42.4 Å². The highest BCUT2D eigenvalue weighted by atomic mass is 31.2. The van der Waals surface area contributed by atoms with Crippen molar-refractivity contribution in [2.24, 2.45) is 15.5 Å². The van der Waals surface area contributed by atoms with Crippen LogP contribution in [-0.2, 0) is 11.3 Å². The first-order valence-corrected chi connectivity index (χ1v) is 15.9. The summed E-state index contributed by atoms with van der Waals surface area (Å²) in [5, 5.41) is 13.5. The van der Waals surface area contributed by atoms with Gasteiger partial charge in [0.15, 0.2) is 0 Å². The molecule has 0 heterocycles. The summed E-state index contributed by atoms with van der Waals surface area (Å²) in [6.07, 6.45) is 6.51. The molecule has 6 heteroatoms. The Morgan fingerprint density at radius 1 is 0.875 bits per heavy atom. The fraction of sp³-hybridized carbons (Fsp3) is 0.265. The normalized spacial score (nSPS) is 17.6. The molecule has 0 radical (unpaired) electrons. The molecule has 1 aliphatic rings. The zero-order valence-electron chi connectivity index (χ0n) is 23.1. The van der Waals surface area contributed by atoms with Crippen molar-refractivity contribution in [1.29, 1.82) is 0 Å². The maximum Gasteiger partial charge on any atom is 0.129 e. The Bertz CT molecular complexity index is 1430. The van der Waals surface area contributed by atoms with Crippen LogP contribution in [0.25, 0.3) is 0 Å². The number of nitrogens with two attached hydrogens (primary N) is 1. The SMILES string of the molecule is Cc1cc(/C=N/C2CCCCC2N)c(O)c(COCP(=Nc2ccccc2)(c2ccccc2)c2ccccc2)c1. The van der Waals surface area contributed by atoms with E-state index in [1.807, 2.05) is 61.5 Å². The lowest BCUT2D eigenvalue weighted by Crippen LogP contribution is -2.36. The summed E-state index contributed by atoms with van der Waals surface area (Å²) in [4.78, 5) is 4.76. The molecular weight excluding hydrogens is 513 g/mol. The van der Waals surface area contributed by atoms with Crippen LogP contribution in [-0.4, -0.2) is 29.8 Å². The first-order valence-electron chi connectivity index (χ1n) is 14.0. The Labute approximate surface area is 237 Å². The molecule has 3 N–H and O–H groups in total. The summed E-state index contributed by atoms with van der Waals surface area (Å²) < 4.78 is 11.9. The van der Waals surface area contributed by atoms with Gasteiger partial charge in [-0.1, -0.05) is 97.8 Å². The van der Waals surface area contributed by atoms with Crippen molar-refractivity contribution < 1.29 is 9.84 Å². The fourth-order valence-corrected chi connectivity index (χ4v) is 8.46. The number of benzene rings is 4. The van der Waals surface area contributed by atoms with Crippen LogP contribution in [0.2, 0.25) is 0 Å². The summed E-state index contributed by atoms with van der Waals surface area (Å²) in [6.45, 7) is 2.30. The van der Waals surface area contributed by atoms with Gasteiger partial charge in [-0.05, 0) is 54.1 Å². The van der Waals surface area contributed by atoms with Gasteiger partial charge >= 0.3 is 0 Å². The molecule has 40 heavy (non-hydrogen) atoms. The number of aliphatic imine (C=N–C) groups is 1. The van der Waals surface area contributed by atoms with E-state index >= 15 is 0 Å². The molecule has 5 rings (SSSR count). The average molecular weight is 552 g/mol. The minimum Gasteiger partial charge on any atom is -0.507 e. The van der Waals surface area contributed by atoms with Crippen molar-refractivity contribution in [2.45, 2.75) is 51.3 Å². The topological polar surface area (TPSA) is 80.2 Å². The predicted octanol–water partition coefficient (Wildman–Crippen LogP) is 7.05. The Hall–Kier alpha value is -3.50. The molecule has 0 bridgehead atoms. The van der Waals surface area contributed by atoms with Crippen molar-refractivity contribution in [3.63, 3.8) is 0 Å². The van der Waals surface area contributed by atoms with Crippen molar-refractivity contribution in [1.82, 2.24) is 0 Å². The number of nitrogens with zero attached hydrogens (tertiary/aromatic N) is 2. The van der Waals surface area contributed by atoms with Crippen molar-refractivity contribution in [3.8, 4) is 5.75 Å². The molecular formula is C34H38N3O2P. The lowest BCUT2D eigenvalue weighted by Gasteiger charge is -2.26. The van der Waals surface area contributed by atoms with Crippen LogP contribution in [0.15, 0.2) is 113 Å². The number of rotatable bonds is 9. The zero-order valence-corrected chi connectivity index (χ0v) is 24.0. The highest BCUT2D eigenvalue weighted by Gasteiger charge is 2.26. The highest BCUT2D eigenvalue weighted by molar-refractivity contribution is 7.80. The van der Waals surface area contributed by atoms with Crippen molar-refractivity contribution in [2.75, 3.05) is 6.35 Å². The maximum atomic E-state index is 11.2. The molecule has 1 fully saturated rings. The standard InChI is InChI=1S/C34H38N3O2P/c1-26-21-27(23-36-33-20-12-11-19-32(33)35)34(38)28(22-26)24-39-25-40(30-15-7-3-8-16-30,31-17-9-4-10-18-31)37-29-13-5-2-6-14-29/h2-10,13-18,21-23,32-33,38H,11-12,19-20,24-25,35H2,1H3/b36-23+. The van der Waals surface area contributed by atoms with Gasteiger partial charge < -0.3 is 15.6 Å². The molecule has 0 aromatic heterocycles. The third-order valence-electron chi connectivity index (χ3n) is 7.49. The van der Waals surface area contributed by atoms with Crippen LogP contribution >= 0.6 is 7.05 Å². The van der Waals surface area contributed by atoms with E-state index in [1.165, 1.54) is 0 Å². The Kier molecular flexibility index (Phi) is 9.28. The number of phenols is 1. The summed E-state index contributed by atoms with van der Waals surface area (Å²) in [7, 11) is -2.36. The van der Waals surface area contributed by atoms with Crippen LogP contribution in [0.5, 0.6) is 5.75 Å². The van der Waals surface area contributed by atoms with E-state index < -0.39 is 7.05 Å². The molecule has 0 amide bonds. The second-order valence-electron chi connectivity index (χ2n) is 10.5. The van der Waals surface area contributed by atoms with E-state index in [-0.39, 0.29) is 24.4 Å². The molecule has 0 saturated heterocycles. The number of hydrogen-bond donors (Lipinski definition) is 2. The van der Waals surface area contributed by atoms with E-state index in [4.69, 9.17) is 20.2 Å². The average Bonchev–Trinajstić information content (AvgIpc) is 2.99. The van der Waals surface area contributed by atoms with Crippen molar-refractivity contribution >= 4 is 29.6 Å². The molecule has 206 valence electrons. The van der Waals surface area contributed by atoms with Gasteiger partial charge in [-0.3, -0.25) is 9.74 Å². The smallest absolute Gasteiger partial charge is 0.129 e. The van der Waals surface area contributed by atoms with Gasteiger partial charge in [0.25, 0.3) is 0 Å². The van der Waals surface area contributed by atoms with Gasteiger partial charge in [-0.2, -0.15) is 0 Å². The molecule has 4 aromatic carbocycles. The summed E-state index contributed by atoms with van der Waals surface area (Å²) in [5.41, 5.74) is 9.72. The lowest BCUT2D eigenvalue weighted by molar-refractivity contribution is 0.163. The molecule has 0 aliphatic heterocycles. The number of ether oxygens (including phenoxy) is 1. The third-order valence-corrected chi connectivity index (χ3v) is 10.9. The van der Waals surface area contributed by atoms with E-state index in [9.17, 15) is 5.11 Å². The zero-order chi connectivity index (χ0) is 27.8. The van der Waals surface area contributed by atoms with Gasteiger partial charge in [-0.15, -0.1) is 0 Å². The van der Waals surface area contributed by atoms with E-state index in [0.717, 1.165) is 53.1 Å². The largest absolute Gasteiger partial charge is 0.507 e. The molecule has 0 spiro atoms. The Morgan fingerprint density at radius 3 is 2.10 bits per heavy atom. The van der Waals surface area contributed by atoms with E-state index in [1.54, 1.807) is 6.21 Å². The molecule has 5 nitrogen and oxygen atoms in total. The second kappa shape index (κ2) is 13.2. The number of phenolic OH excluding ortho intramolecular Hbond substituents is 1. The predicted molar refractivity (Wildman–Crippen MR) is 168 cm³/mol. The third kappa shape index (κ3) is 6.62. The quantitative estimate of drug-likeness (QED) is 0.173. The van der Waals surface area contributed by atoms with Gasteiger partial charge in [0, 0.05) is 23.4 Å². The summed E-state index contributed by atoms with van der Waals surface area (Å²) in [5.74, 6) is 0.210. The van der Waals surface area contributed by atoms with Gasteiger partial charge in [0.1, 0.15) is 5.75 Å². The number of hydrogen-bond acceptors (Lipinski definition) is 5. The number of aromatic hydroxyl groups is 1. The van der Waals surface area contributed by atoms with Crippen LogP contribution in [0.3, 0.4) is 0 Å². The van der Waals surface area contributed by atoms with Crippen molar-refractivity contribution in [3.05, 3.63) is 120 Å². The minimum atomic E-state index is -2.36. The van der Waals surface area contributed by atoms with Gasteiger partial charge in [0.2, 0.25) is 0 Å². The summed E-state index contributed by atoms with van der Waals surface area (Å²) in [6, 6.07) is 35.1. The summed E-state index contributed by atoms with van der Waals surface area (Å²) >= 11 is 0.